The van der Waals surface area contributed by atoms with Crippen molar-refractivity contribution < 1.29 is 0 Å². The normalized spacial score (nSPS) is 28.8. The Bertz CT molecular complexity index is 649. The highest BCUT2D eigenvalue weighted by Crippen LogP contribution is 2.33. The number of piperidine rings is 1. The zero-order chi connectivity index (χ0) is 16.7. The first kappa shape index (κ1) is 16.3. The predicted molar refractivity (Wildman–Crippen MR) is 97.2 cm³/mol. The van der Waals surface area contributed by atoms with Gasteiger partial charge >= 0.3 is 0 Å². The smallest absolute Gasteiger partial charge is 0.187 e. The Hall–Kier alpha value is -1.13. The molecule has 4 heteroatoms. The Morgan fingerprint density at radius 2 is 1.96 bits per heavy atom. The lowest BCUT2D eigenvalue weighted by Gasteiger charge is -2.40. The lowest BCUT2D eigenvalue weighted by Crippen LogP contribution is -2.46. The second-order valence-corrected chi connectivity index (χ2v) is 8.45. The molecule has 4 nitrogen and oxygen atoms in total. The van der Waals surface area contributed by atoms with Gasteiger partial charge in [0.25, 0.3) is 0 Å². The molecule has 3 aliphatic heterocycles. The second kappa shape index (κ2) is 6.64. The van der Waals surface area contributed by atoms with Crippen molar-refractivity contribution in [3.8, 4) is 0 Å². The summed E-state index contributed by atoms with van der Waals surface area (Å²) in [6, 6.07) is 0.724. The lowest BCUT2D eigenvalue weighted by molar-refractivity contribution is 0.0890. The van der Waals surface area contributed by atoms with Gasteiger partial charge in [-0.15, -0.1) is 0 Å². The summed E-state index contributed by atoms with van der Waals surface area (Å²) in [5, 5.41) is 0. The van der Waals surface area contributed by atoms with E-state index in [0.717, 1.165) is 41.2 Å². The van der Waals surface area contributed by atoms with Crippen molar-refractivity contribution in [3.63, 3.8) is 0 Å². The van der Waals surface area contributed by atoms with Crippen LogP contribution in [0, 0.1) is 25.7 Å². The third kappa shape index (κ3) is 3.18. The van der Waals surface area contributed by atoms with Crippen molar-refractivity contribution in [1.29, 1.82) is 0 Å². The largest absolute Gasteiger partial charge is 0.363 e. The Morgan fingerprint density at radius 1 is 1.12 bits per heavy atom. The third-order valence-electron chi connectivity index (χ3n) is 6.62. The van der Waals surface area contributed by atoms with Crippen LogP contribution in [0.5, 0.6) is 0 Å². The molecule has 1 aromatic heterocycles. The third-order valence-corrected chi connectivity index (χ3v) is 6.62. The van der Waals surface area contributed by atoms with E-state index >= 15 is 0 Å². The van der Waals surface area contributed by atoms with Gasteiger partial charge in [0.2, 0.25) is 0 Å². The molecule has 1 N–H and O–H groups in total. The summed E-state index contributed by atoms with van der Waals surface area (Å²) in [4.78, 5) is 21.0. The molecule has 132 valence electrons. The van der Waals surface area contributed by atoms with E-state index in [9.17, 15) is 4.79 Å². The van der Waals surface area contributed by atoms with Gasteiger partial charge < -0.3 is 4.98 Å². The van der Waals surface area contributed by atoms with Crippen LogP contribution in [0.1, 0.15) is 48.9 Å². The van der Waals surface area contributed by atoms with Gasteiger partial charge in [-0.3, -0.25) is 14.6 Å². The van der Waals surface area contributed by atoms with Gasteiger partial charge in [-0.25, -0.2) is 0 Å². The van der Waals surface area contributed by atoms with Crippen LogP contribution in [0.2, 0.25) is 0 Å². The summed E-state index contributed by atoms with van der Waals surface area (Å²) in [6.45, 7) is 9.73. The number of pyridine rings is 1. The highest BCUT2D eigenvalue weighted by atomic mass is 16.1. The fraction of sp³-hybridized carbons (Fsp3) is 0.750. The standard InChI is InChI=1S/C20H31N3O/c1-14-8-21-19(15(2)20(14)24)13-22-9-17-6-7-18(12-22)23(11-17)10-16-4-3-5-16/h8,16-18H,3-7,9-13H2,1-2H3,(H,21,24)/t17-,18+/m1/s1. The van der Waals surface area contributed by atoms with Crippen LogP contribution in [0.4, 0.5) is 0 Å². The molecule has 0 spiro atoms. The van der Waals surface area contributed by atoms with Crippen molar-refractivity contribution in [2.75, 3.05) is 26.2 Å². The van der Waals surface area contributed by atoms with Crippen molar-refractivity contribution in [1.82, 2.24) is 14.8 Å². The van der Waals surface area contributed by atoms with E-state index in [1.165, 1.54) is 58.3 Å². The first-order valence-corrected chi connectivity index (χ1v) is 9.74. The minimum atomic E-state index is 0.202. The number of H-pyrrole nitrogens is 1. The molecule has 4 heterocycles. The molecule has 4 fully saturated rings. The molecule has 0 amide bonds. The second-order valence-electron chi connectivity index (χ2n) is 8.45. The molecule has 4 aliphatic rings. The topological polar surface area (TPSA) is 39.3 Å². The van der Waals surface area contributed by atoms with E-state index in [2.05, 4.69) is 14.8 Å². The van der Waals surface area contributed by atoms with E-state index in [0.29, 0.717) is 0 Å². The number of fused-ring (bicyclic) bond motifs is 4. The molecule has 2 bridgehead atoms. The van der Waals surface area contributed by atoms with Crippen molar-refractivity contribution in [2.24, 2.45) is 11.8 Å². The predicted octanol–water partition coefficient (Wildman–Crippen LogP) is 2.69. The van der Waals surface area contributed by atoms with E-state index < -0.39 is 0 Å². The maximum absolute atomic E-state index is 12.2. The van der Waals surface area contributed by atoms with Crippen LogP contribution in [0.25, 0.3) is 0 Å². The molecule has 3 saturated heterocycles. The molecular formula is C20H31N3O. The van der Waals surface area contributed by atoms with Crippen LogP contribution in [-0.4, -0.2) is 47.0 Å². The summed E-state index contributed by atoms with van der Waals surface area (Å²) in [6.07, 6.45) is 8.95. The summed E-state index contributed by atoms with van der Waals surface area (Å²) in [5.41, 5.74) is 3.03. The van der Waals surface area contributed by atoms with Crippen molar-refractivity contribution >= 4 is 0 Å². The van der Waals surface area contributed by atoms with E-state index in [-0.39, 0.29) is 5.43 Å². The molecule has 24 heavy (non-hydrogen) atoms. The lowest BCUT2D eigenvalue weighted by atomic mass is 9.83. The molecule has 1 aliphatic carbocycles. The minimum absolute atomic E-state index is 0.202. The van der Waals surface area contributed by atoms with Crippen molar-refractivity contribution in [2.45, 2.75) is 58.5 Å². The average Bonchev–Trinajstić information content (AvgIpc) is 2.82. The molecular weight excluding hydrogens is 298 g/mol. The molecule has 1 saturated carbocycles. The van der Waals surface area contributed by atoms with Crippen LogP contribution in [0.15, 0.2) is 11.0 Å². The van der Waals surface area contributed by atoms with E-state index in [1.807, 2.05) is 20.0 Å². The van der Waals surface area contributed by atoms with Gasteiger partial charge in [-0.1, -0.05) is 6.42 Å². The number of aromatic nitrogens is 1. The minimum Gasteiger partial charge on any atom is -0.363 e. The van der Waals surface area contributed by atoms with Gasteiger partial charge in [-0.2, -0.15) is 0 Å². The highest BCUT2D eigenvalue weighted by Gasteiger charge is 2.36. The Kier molecular flexibility index (Phi) is 4.52. The summed E-state index contributed by atoms with van der Waals surface area (Å²) < 4.78 is 0. The summed E-state index contributed by atoms with van der Waals surface area (Å²) in [7, 11) is 0. The van der Waals surface area contributed by atoms with Gasteiger partial charge in [-0.05, 0) is 51.4 Å². The first-order valence-electron chi connectivity index (χ1n) is 9.74. The van der Waals surface area contributed by atoms with E-state index in [4.69, 9.17) is 0 Å². The number of aryl methyl sites for hydroxylation is 1. The fourth-order valence-corrected chi connectivity index (χ4v) is 4.83. The number of nitrogens with one attached hydrogen (secondary N) is 1. The summed E-state index contributed by atoms with van der Waals surface area (Å²) >= 11 is 0. The number of nitrogens with zero attached hydrogens (tertiary/aromatic N) is 2. The average molecular weight is 329 g/mol. The van der Waals surface area contributed by atoms with Gasteiger partial charge in [0.1, 0.15) is 0 Å². The zero-order valence-corrected chi connectivity index (χ0v) is 15.2. The van der Waals surface area contributed by atoms with Crippen LogP contribution in [-0.2, 0) is 6.54 Å². The Morgan fingerprint density at radius 3 is 2.71 bits per heavy atom. The molecule has 0 aromatic carbocycles. The number of rotatable bonds is 4. The van der Waals surface area contributed by atoms with Crippen molar-refractivity contribution in [3.05, 3.63) is 33.2 Å². The van der Waals surface area contributed by atoms with Crippen LogP contribution in [0.3, 0.4) is 0 Å². The quantitative estimate of drug-likeness (QED) is 0.923. The molecule has 5 rings (SSSR count). The molecule has 1 aromatic rings. The van der Waals surface area contributed by atoms with Gasteiger partial charge in [0.05, 0.1) is 0 Å². The maximum atomic E-state index is 12.2. The van der Waals surface area contributed by atoms with Crippen LogP contribution >= 0.6 is 0 Å². The SMILES string of the molecule is Cc1c[nH]c(CN2C[C@H]3CC[C@@H](C2)N(CC2CCC2)C3)c(C)c1=O. The Labute approximate surface area is 145 Å². The fourth-order valence-electron chi connectivity index (χ4n) is 4.83. The van der Waals surface area contributed by atoms with E-state index in [1.54, 1.807) is 0 Å². The van der Waals surface area contributed by atoms with Gasteiger partial charge in [0.15, 0.2) is 5.43 Å². The molecule has 0 radical (unpaired) electrons. The zero-order valence-electron chi connectivity index (χ0n) is 15.2. The maximum Gasteiger partial charge on any atom is 0.187 e. The monoisotopic (exact) mass is 329 g/mol. The molecule has 2 atom stereocenters. The summed E-state index contributed by atoms with van der Waals surface area (Å²) in [5.74, 6) is 1.77. The first-order chi connectivity index (χ1) is 11.6. The Balaban J connectivity index is 1.46. The highest BCUT2D eigenvalue weighted by molar-refractivity contribution is 5.23. The number of aromatic amines is 1. The van der Waals surface area contributed by atoms with Crippen LogP contribution < -0.4 is 5.43 Å². The number of hydrogen-bond donors (Lipinski definition) is 1. The van der Waals surface area contributed by atoms with Gasteiger partial charge in [0, 0.05) is 61.8 Å². The number of hydrogen-bond acceptors (Lipinski definition) is 3. The molecule has 0 unspecified atom stereocenters.